The molecule has 0 aliphatic heterocycles. The molecular weight excluding hydrogens is 270 g/mol. The molecule has 0 bridgehead atoms. The van der Waals surface area contributed by atoms with Crippen molar-refractivity contribution in [3.63, 3.8) is 0 Å². The van der Waals surface area contributed by atoms with Crippen molar-refractivity contribution in [1.29, 1.82) is 0 Å². The molecule has 2 aromatic heterocycles. The van der Waals surface area contributed by atoms with Crippen molar-refractivity contribution in [2.45, 2.75) is 13.8 Å². The van der Waals surface area contributed by atoms with E-state index in [-0.39, 0.29) is 5.91 Å². The Morgan fingerprint density at radius 2 is 2.00 bits per heavy atom. The highest BCUT2D eigenvalue weighted by molar-refractivity contribution is 6.05. The number of amides is 1. The Balaban J connectivity index is 1.78. The minimum absolute atomic E-state index is 0.186. The number of rotatable bonds is 3. The first kappa shape index (κ1) is 13.0. The highest BCUT2D eigenvalue weighted by atomic mass is 16.1. The number of benzene rings is 1. The van der Waals surface area contributed by atoms with Gasteiger partial charge in [-0.1, -0.05) is 0 Å². The summed E-state index contributed by atoms with van der Waals surface area (Å²) in [5.74, 6) is -0.186. The molecule has 0 fully saturated rings. The maximum Gasteiger partial charge on any atom is 0.259 e. The number of aromatic nitrogens is 6. The second kappa shape index (κ2) is 5.16. The van der Waals surface area contributed by atoms with E-state index >= 15 is 0 Å². The predicted octanol–water partition coefficient (Wildman–Crippen LogP) is 1.25. The van der Waals surface area contributed by atoms with Gasteiger partial charge in [-0.2, -0.15) is 5.10 Å². The summed E-state index contributed by atoms with van der Waals surface area (Å²) in [5, 5.41) is 20.6. The molecule has 0 saturated heterocycles. The average Bonchev–Trinajstić information content (AvgIpc) is 3.10. The molecule has 0 atom stereocenters. The van der Waals surface area contributed by atoms with Gasteiger partial charge < -0.3 is 5.32 Å². The number of nitrogens with one attached hydrogen (secondary N) is 2. The summed E-state index contributed by atoms with van der Waals surface area (Å²) in [4.78, 5) is 12.2. The summed E-state index contributed by atoms with van der Waals surface area (Å²) < 4.78 is 1.54. The molecule has 3 rings (SSSR count). The number of tetrazole rings is 1. The number of carbonyl (C=O) groups is 1. The van der Waals surface area contributed by atoms with Crippen LogP contribution in [-0.4, -0.2) is 36.3 Å². The molecule has 2 N–H and O–H groups in total. The number of H-pyrrole nitrogens is 1. The molecule has 0 saturated carbocycles. The molecule has 0 unspecified atom stereocenters. The lowest BCUT2D eigenvalue weighted by molar-refractivity contribution is 0.102. The molecule has 106 valence electrons. The van der Waals surface area contributed by atoms with E-state index in [2.05, 4.69) is 31.0 Å². The lowest BCUT2D eigenvalue weighted by Gasteiger charge is -2.06. The van der Waals surface area contributed by atoms with E-state index in [1.54, 1.807) is 19.1 Å². The molecule has 0 spiro atoms. The van der Waals surface area contributed by atoms with Crippen LogP contribution in [0, 0.1) is 13.8 Å². The molecule has 8 heteroatoms. The van der Waals surface area contributed by atoms with Gasteiger partial charge in [-0.25, -0.2) is 4.68 Å². The Labute approximate surface area is 120 Å². The zero-order chi connectivity index (χ0) is 14.8. The van der Waals surface area contributed by atoms with Crippen LogP contribution in [-0.2, 0) is 0 Å². The fraction of sp³-hybridized carbons (Fsp3) is 0.154. The zero-order valence-corrected chi connectivity index (χ0v) is 11.5. The lowest BCUT2D eigenvalue weighted by atomic mass is 10.2. The molecule has 0 aliphatic rings. The first-order valence-electron chi connectivity index (χ1n) is 6.31. The molecule has 8 nitrogen and oxygen atoms in total. The van der Waals surface area contributed by atoms with Crippen molar-refractivity contribution in [3.05, 3.63) is 47.5 Å². The van der Waals surface area contributed by atoms with Crippen LogP contribution in [0.1, 0.15) is 21.7 Å². The topological polar surface area (TPSA) is 101 Å². The van der Waals surface area contributed by atoms with Crippen LogP contribution in [0.15, 0.2) is 30.6 Å². The van der Waals surface area contributed by atoms with E-state index in [9.17, 15) is 4.79 Å². The minimum atomic E-state index is -0.186. The van der Waals surface area contributed by atoms with Crippen molar-refractivity contribution in [2.75, 3.05) is 5.32 Å². The van der Waals surface area contributed by atoms with Gasteiger partial charge in [-0.3, -0.25) is 9.89 Å². The Hall–Kier alpha value is -3.03. The van der Waals surface area contributed by atoms with Gasteiger partial charge in [0.05, 0.1) is 16.9 Å². The van der Waals surface area contributed by atoms with E-state index in [1.807, 2.05) is 19.1 Å². The average molecular weight is 283 g/mol. The van der Waals surface area contributed by atoms with Crippen LogP contribution in [0.5, 0.6) is 0 Å². The first-order chi connectivity index (χ1) is 10.1. The van der Waals surface area contributed by atoms with Gasteiger partial charge in [0.1, 0.15) is 6.33 Å². The summed E-state index contributed by atoms with van der Waals surface area (Å²) in [6, 6.07) is 7.22. The molecule has 0 radical (unpaired) electrons. The molecule has 1 amide bonds. The van der Waals surface area contributed by atoms with Gasteiger partial charge >= 0.3 is 0 Å². The standard InChI is InChI=1S/C13H13N7O/c1-8-12(9(2)17-16-8)13(21)15-10-3-5-11(6-4-10)20-7-14-18-19-20/h3-7H,1-2H3,(H,15,21)(H,16,17). The zero-order valence-electron chi connectivity index (χ0n) is 11.5. The first-order valence-corrected chi connectivity index (χ1v) is 6.31. The van der Waals surface area contributed by atoms with E-state index in [1.165, 1.54) is 11.0 Å². The largest absolute Gasteiger partial charge is 0.322 e. The van der Waals surface area contributed by atoms with Gasteiger partial charge in [-0.05, 0) is 48.5 Å². The number of anilines is 1. The highest BCUT2D eigenvalue weighted by Crippen LogP contribution is 2.15. The maximum atomic E-state index is 12.2. The maximum absolute atomic E-state index is 12.2. The highest BCUT2D eigenvalue weighted by Gasteiger charge is 2.15. The Morgan fingerprint density at radius 1 is 1.24 bits per heavy atom. The number of hydrogen-bond donors (Lipinski definition) is 2. The summed E-state index contributed by atoms with van der Waals surface area (Å²) in [6.07, 6.45) is 1.51. The third-order valence-electron chi connectivity index (χ3n) is 3.09. The third kappa shape index (κ3) is 2.50. The van der Waals surface area contributed by atoms with Crippen LogP contribution >= 0.6 is 0 Å². The SMILES string of the molecule is Cc1n[nH]c(C)c1C(=O)Nc1ccc(-n2cnnn2)cc1. The fourth-order valence-electron chi connectivity index (χ4n) is 2.06. The van der Waals surface area contributed by atoms with Crippen LogP contribution in [0.2, 0.25) is 0 Å². The van der Waals surface area contributed by atoms with E-state index in [4.69, 9.17) is 0 Å². The van der Waals surface area contributed by atoms with Crippen LogP contribution < -0.4 is 5.32 Å². The van der Waals surface area contributed by atoms with Crippen molar-refractivity contribution in [1.82, 2.24) is 30.4 Å². The van der Waals surface area contributed by atoms with E-state index in [0.29, 0.717) is 16.9 Å². The second-order valence-electron chi connectivity index (χ2n) is 4.56. The molecule has 21 heavy (non-hydrogen) atoms. The quantitative estimate of drug-likeness (QED) is 0.753. The van der Waals surface area contributed by atoms with Gasteiger partial charge in [-0.15, -0.1) is 5.10 Å². The van der Waals surface area contributed by atoms with Gasteiger partial charge in [0, 0.05) is 11.4 Å². The lowest BCUT2D eigenvalue weighted by Crippen LogP contribution is -2.13. The summed E-state index contributed by atoms with van der Waals surface area (Å²) in [5.41, 5.74) is 3.50. The number of hydrogen-bond acceptors (Lipinski definition) is 5. The van der Waals surface area contributed by atoms with Crippen LogP contribution in [0.4, 0.5) is 5.69 Å². The van der Waals surface area contributed by atoms with Crippen LogP contribution in [0.3, 0.4) is 0 Å². The summed E-state index contributed by atoms with van der Waals surface area (Å²) >= 11 is 0. The van der Waals surface area contributed by atoms with Gasteiger partial charge in [0.2, 0.25) is 0 Å². The Morgan fingerprint density at radius 3 is 2.57 bits per heavy atom. The van der Waals surface area contributed by atoms with Crippen molar-refractivity contribution in [2.24, 2.45) is 0 Å². The van der Waals surface area contributed by atoms with Crippen molar-refractivity contribution in [3.8, 4) is 5.69 Å². The number of aromatic amines is 1. The van der Waals surface area contributed by atoms with Gasteiger partial charge in [0.25, 0.3) is 5.91 Å². The van der Waals surface area contributed by atoms with E-state index in [0.717, 1.165) is 11.4 Å². The molecular formula is C13H13N7O. The third-order valence-corrected chi connectivity index (χ3v) is 3.09. The van der Waals surface area contributed by atoms with Gasteiger partial charge in [0.15, 0.2) is 0 Å². The summed E-state index contributed by atoms with van der Waals surface area (Å²) in [7, 11) is 0. The normalized spacial score (nSPS) is 10.6. The molecule has 1 aromatic carbocycles. The second-order valence-corrected chi connectivity index (χ2v) is 4.56. The van der Waals surface area contributed by atoms with Crippen LogP contribution in [0.25, 0.3) is 5.69 Å². The number of aryl methyl sites for hydroxylation is 2. The molecule has 3 aromatic rings. The smallest absolute Gasteiger partial charge is 0.259 e. The Bertz CT molecular complexity index is 739. The summed E-state index contributed by atoms with van der Waals surface area (Å²) in [6.45, 7) is 3.61. The van der Waals surface area contributed by atoms with E-state index < -0.39 is 0 Å². The minimum Gasteiger partial charge on any atom is -0.322 e. The van der Waals surface area contributed by atoms with Crippen molar-refractivity contribution < 1.29 is 4.79 Å². The predicted molar refractivity (Wildman–Crippen MR) is 75.2 cm³/mol. The fourth-order valence-corrected chi connectivity index (χ4v) is 2.06. The molecule has 0 aliphatic carbocycles. The monoisotopic (exact) mass is 283 g/mol. The van der Waals surface area contributed by atoms with Crippen molar-refractivity contribution >= 4 is 11.6 Å². The number of carbonyl (C=O) groups excluding carboxylic acids is 1. The number of nitrogens with zero attached hydrogens (tertiary/aromatic N) is 5. The molecule has 2 heterocycles. The Kier molecular flexibility index (Phi) is 3.19.